The third-order valence-corrected chi connectivity index (χ3v) is 11.2. The molecule has 0 bridgehead atoms. The van der Waals surface area contributed by atoms with Gasteiger partial charge in [-0.1, -0.05) is 54.6 Å². The SMILES string of the molecule is C[C@@]1([P+](c2ccccc2)(c2ccccc2)c2ccccc2)CCC(=O)N(C(N)=O)C1=O. The second-order valence-electron chi connectivity index (χ2n) is 7.82. The molecule has 0 aliphatic carbocycles. The lowest BCUT2D eigenvalue weighted by Crippen LogP contribution is -2.62. The molecule has 3 aromatic rings. The molecule has 0 radical (unpaired) electrons. The average molecular weight is 431 g/mol. The van der Waals surface area contributed by atoms with E-state index in [2.05, 4.69) is 0 Å². The summed E-state index contributed by atoms with van der Waals surface area (Å²) < 4.78 is 0. The van der Waals surface area contributed by atoms with Crippen molar-refractivity contribution in [1.29, 1.82) is 0 Å². The molecule has 5 nitrogen and oxygen atoms in total. The van der Waals surface area contributed by atoms with Crippen LogP contribution in [-0.2, 0) is 9.59 Å². The fourth-order valence-corrected chi connectivity index (χ4v) is 10.0. The van der Waals surface area contributed by atoms with E-state index in [0.29, 0.717) is 11.3 Å². The zero-order chi connectivity index (χ0) is 22.1. The summed E-state index contributed by atoms with van der Waals surface area (Å²) in [6.45, 7) is 1.89. The molecule has 1 aliphatic rings. The number of primary amides is 1. The van der Waals surface area contributed by atoms with Crippen LogP contribution < -0.4 is 21.6 Å². The molecule has 1 atom stereocenters. The third-order valence-electron chi connectivity index (χ3n) is 6.13. The first-order chi connectivity index (χ1) is 14.9. The van der Waals surface area contributed by atoms with E-state index in [4.69, 9.17) is 5.73 Å². The number of hydrogen-bond acceptors (Lipinski definition) is 3. The number of piperidine rings is 1. The van der Waals surface area contributed by atoms with Crippen molar-refractivity contribution in [2.45, 2.75) is 24.9 Å². The van der Waals surface area contributed by atoms with Crippen LogP contribution in [0.5, 0.6) is 0 Å². The van der Waals surface area contributed by atoms with Crippen LogP contribution >= 0.6 is 7.26 Å². The number of amides is 4. The molecule has 0 spiro atoms. The van der Waals surface area contributed by atoms with Crippen LogP contribution in [0.4, 0.5) is 4.79 Å². The number of nitrogens with zero attached hydrogens (tertiary/aromatic N) is 1. The largest absolute Gasteiger partial charge is 0.351 e. The van der Waals surface area contributed by atoms with Gasteiger partial charge in [0.05, 0.1) is 0 Å². The van der Waals surface area contributed by atoms with Crippen LogP contribution in [0, 0.1) is 0 Å². The van der Waals surface area contributed by atoms with E-state index in [1.54, 1.807) is 0 Å². The van der Waals surface area contributed by atoms with Gasteiger partial charge in [-0.2, -0.15) is 4.90 Å². The van der Waals surface area contributed by atoms with Gasteiger partial charge in [0.2, 0.25) is 5.91 Å². The molecule has 0 aromatic heterocycles. The summed E-state index contributed by atoms with van der Waals surface area (Å²) in [4.78, 5) is 39.1. The quantitative estimate of drug-likeness (QED) is 0.510. The Bertz CT molecular complexity index is 1020. The number of nitrogens with two attached hydrogens (primary N) is 1. The van der Waals surface area contributed by atoms with E-state index in [0.717, 1.165) is 15.9 Å². The number of rotatable bonds is 4. The summed E-state index contributed by atoms with van der Waals surface area (Å²) in [5.41, 5.74) is 5.49. The first-order valence-corrected chi connectivity index (χ1v) is 11.9. The van der Waals surface area contributed by atoms with E-state index >= 15 is 0 Å². The van der Waals surface area contributed by atoms with Crippen molar-refractivity contribution >= 4 is 41.0 Å². The lowest BCUT2D eigenvalue weighted by atomic mass is 9.97. The normalized spacial score (nSPS) is 19.3. The number of carbonyl (C=O) groups excluding carboxylic acids is 3. The van der Waals surface area contributed by atoms with E-state index in [1.165, 1.54) is 0 Å². The van der Waals surface area contributed by atoms with Crippen LogP contribution in [0.25, 0.3) is 0 Å². The second kappa shape index (κ2) is 8.09. The van der Waals surface area contributed by atoms with Gasteiger partial charge in [-0.25, -0.2) is 4.79 Å². The highest BCUT2D eigenvalue weighted by Crippen LogP contribution is 2.68. The molecule has 6 heteroatoms. The zero-order valence-electron chi connectivity index (χ0n) is 17.3. The topological polar surface area (TPSA) is 80.5 Å². The molecule has 4 amide bonds. The standard InChI is InChI=1S/C25H23N2O3P/c1-25(18-17-22(28)27(23(25)29)24(26)30)31(19-11-5-2-6-12-19,20-13-7-3-8-14-20)21-15-9-4-10-16-21/h2-16H,17-18H2,1H3,(H-,26,30)/p+1/t25-/m1/s1. The van der Waals surface area contributed by atoms with Gasteiger partial charge in [-0.05, 0) is 43.3 Å². The minimum Gasteiger partial charge on any atom is -0.351 e. The summed E-state index contributed by atoms with van der Waals surface area (Å²) in [5.74, 6) is -1.07. The minimum atomic E-state index is -2.65. The van der Waals surface area contributed by atoms with Crippen molar-refractivity contribution in [3.8, 4) is 0 Å². The van der Waals surface area contributed by atoms with Crippen molar-refractivity contribution in [3.63, 3.8) is 0 Å². The molecule has 2 N–H and O–H groups in total. The number of urea groups is 1. The van der Waals surface area contributed by atoms with Crippen molar-refractivity contribution in [3.05, 3.63) is 91.0 Å². The molecule has 1 aliphatic heterocycles. The first-order valence-electron chi connectivity index (χ1n) is 10.2. The van der Waals surface area contributed by atoms with E-state index < -0.39 is 30.3 Å². The maximum absolute atomic E-state index is 13.9. The molecule has 0 unspecified atom stereocenters. The maximum atomic E-state index is 13.9. The molecule has 1 heterocycles. The summed E-state index contributed by atoms with van der Waals surface area (Å²) in [7, 11) is -2.65. The monoisotopic (exact) mass is 431 g/mol. The highest BCUT2D eigenvalue weighted by molar-refractivity contribution is 7.97. The van der Waals surface area contributed by atoms with Crippen LogP contribution in [-0.4, -0.2) is 27.9 Å². The van der Waals surface area contributed by atoms with Crippen LogP contribution in [0.1, 0.15) is 19.8 Å². The first kappa shape index (κ1) is 21.0. The number of benzene rings is 3. The average Bonchev–Trinajstić information content (AvgIpc) is 2.79. The Morgan fingerprint density at radius 2 is 1.19 bits per heavy atom. The predicted molar refractivity (Wildman–Crippen MR) is 124 cm³/mol. The molecular formula is C25H24N2O3P+. The van der Waals surface area contributed by atoms with Crippen LogP contribution in [0.15, 0.2) is 91.0 Å². The Hall–Kier alpha value is -3.30. The summed E-state index contributed by atoms with van der Waals surface area (Å²) in [6.07, 6.45) is 0.417. The van der Waals surface area contributed by atoms with Crippen molar-refractivity contribution in [1.82, 2.24) is 4.90 Å². The van der Waals surface area contributed by atoms with Gasteiger partial charge >= 0.3 is 6.03 Å². The lowest BCUT2D eigenvalue weighted by molar-refractivity contribution is -0.145. The zero-order valence-corrected chi connectivity index (χ0v) is 18.2. The van der Waals surface area contributed by atoms with E-state index in [9.17, 15) is 14.4 Å². The third kappa shape index (κ3) is 3.17. The Labute approximate surface area is 182 Å². The van der Waals surface area contributed by atoms with Crippen LogP contribution in [0.3, 0.4) is 0 Å². The molecule has 3 aromatic carbocycles. The lowest BCUT2D eigenvalue weighted by Gasteiger charge is -2.44. The van der Waals surface area contributed by atoms with Crippen molar-refractivity contribution in [2.24, 2.45) is 5.73 Å². The van der Waals surface area contributed by atoms with Crippen molar-refractivity contribution < 1.29 is 14.4 Å². The molecule has 0 saturated carbocycles. The highest BCUT2D eigenvalue weighted by atomic mass is 31.2. The molecule has 156 valence electrons. The van der Waals surface area contributed by atoms with Gasteiger partial charge in [0.15, 0.2) is 5.16 Å². The predicted octanol–water partition coefficient (Wildman–Crippen LogP) is 2.97. The molecule has 1 saturated heterocycles. The molecule has 1 fully saturated rings. The Morgan fingerprint density at radius 3 is 1.55 bits per heavy atom. The van der Waals surface area contributed by atoms with Gasteiger partial charge in [0.25, 0.3) is 5.91 Å². The fourth-order valence-electron chi connectivity index (χ4n) is 4.71. The minimum absolute atomic E-state index is 0.0828. The summed E-state index contributed by atoms with van der Waals surface area (Å²) >= 11 is 0. The fraction of sp³-hybridized carbons (Fsp3) is 0.160. The number of imide groups is 3. The maximum Gasteiger partial charge on any atom is 0.328 e. The van der Waals surface area contributed by atoms with Crippen LogP contribution in [0.2, 0.25) is 0 Å². The number of carbonyl (C=O) groups is 3. The van der Waals surface area contributed by atoms with Gasteiger partial charge in [-0.15, -0.1) is 0 Å². The van der Waals surface area contributed by atoms with E-state index in [-0.39, 0.29) is 6.42 Å². The summed E-state index contributed by atoms with van der Waals surface area (Å²) in [5, 5.41) is 2.02. The smallest absolute Gasteiger partial charge is 0.328 e. The second-order valence-corrected chi connectivity index (χ2v) is 11.7. The van der Waals surface area contributed by atoms with Gasteiger partial charge in [-0.3, -0.25) is 9.59 Å². The summed E-state index contributed by atoms with van der Waals surface area (Å²) in [6, 6.07) is 28.8. The number of hydrogen-bond donors (Lipinski definition) is 1. The van der Waals surface area contributed by atoms with Gasteiger partial charge in [0.1, 0.15) is 23.2 Å². The molecule has 4 rings (SSSR count). The van der Waals surface area contributed by atoms with Crippen molar-refractivity contribution in [2.75, 3.05) is 0 Å². The Morgan fingerprint density at radius 1 is 0.806 bits per heavy atom. The Balaban J connectivity index is 2.11. The molecular weight excluding hydrogens is 407 g/mol. The molecule has 31 heavy (non-hydrogen) atoms. The number of likely N-dealkylation sites (tertiary alicyclic amines) is 1. The van der Waals surface area contributed by atoms with Gasteiger partial charge in [0, 0.05) is 12.8 Å². The van der Waals surface area contributed by atoms with E-state index in [1.807, 2.05) is 97.9 Å². The highest BCUT2D eigenvalue weighted by Gasteiger charge is 2.67. The Kier molecular flexibility index (Phi) is 5.47. The van der Waals surface area contributed by atoms with Gasteiger partial charge < -0.3 is 5.73 Å².